The summed E-state index contributed by atoms with van der Waals surface area (Å²) in [6, 6.07) is -1.28. The number of amides is 3. The van der Waals surface area contributed by atoms with Crippen molar-refractivity contribution in [1.82, 2.24) is 14.7 Å². The van der Waals surface area contributed by atoms with Crippen molar-refractivity contribution in [3.63, 3.8) is 0 Å². The predicted octanol–water partition coefficient (Wildman–Crippen LogP) is 2.90. The van der Waals surface area contributed by atoms with Crippen molar-refractivity contribution >= 4 is 17.7 Å². The van der Waals surface area contributed by atoms with Crippen molar-refractivity contribution in [2.75, 3.05) is 26.7 Å². The molecule has 1 aliphatic carbocycles. The number of likely N-dealkylation sites (N-methyl/N-ethyl adjacent to an activating group) is 1. The molecule has 4 rings (SSSR count). The zero-order valence-corrected chi connectivity index (χ0v) is 22.9. The Bertz CT molecular complexity index is 913. The van der Waals surface area contributed by atoms with Crippen molar-refractivity contribution in [3.05, 3.63) is 25.3 Å². The normalized spacial score (nSPS) is 33.8. The topological polar surface area (TPSA) is 90.4 Å². The lowest BCUT2D eigenvalue weighted by molar-refractivity contribution is -0.159. The van der Waals surface area contributed by atoms with Crippen LogP contribution in [0.4, 0.5) is 0 Å². The molecule has 1 saturated carbocycles. The lowest BCUT2D eigenvalue weighted by Crippen LogP contribution is -2.60. The average Bonchev–Trinajstić information content (AvgIpc) is 3.52. The number of rotatable bonds is 11. The quantitative estimate of drug-likeness (QED) is 0.428. The molecule has 37 heavy (non-hydrogen) atoms. The van der Waals surface area contributed by atoms with Gasteiger partial charge in [-0.25, -0.2) is 0 Å². The fraction of sp³-hybridized carbons (Fsp3) is 0.759. The van der Waals surface area contributed by atoms with Gasteiger partial charge in [0.15, 0.2) is 0 Å². The van der Waals surface area contributed by atoms with E-state index in [1.165, 1.54) is 6.42 Å². The molecule has 3 heterocycles. The number of aliphatic hydroxyl groups excluding tert-OH is 1. The van der Waals surface area contributed by atoms with E-state index >= 15 is 0 Å². The van der Waals surface area contributed by atoms with E-state index in [2.05, 4.69) is 13.2 Å². The molecule has 2 bridgehead atoms. The highest BCUT2D eigenvalue weighted by molar-refractivity contribution is 5.99. The second-order valence-electron chi connectivity index (χ2n) is 11.4. The second-order valence-corrected chi connectivity index (χ2v) is 11.4. The molecule has 0 aromatic carbocycles. The molecule has 3 aliphatic heterocycles. The van der Waals surface area contributed by atoms with Gasteiger partial charge in [-0.2, -0.15) is 0 Å². The molecule has 3 amide bonds. The zero-order valence-electron chi connectivity index (χ0n) is 22.9. The van der Waals surface area contributed by atoms with Crippen molar-refractivity contribution in [2.45, 2.75) is 101 Å². The van der Waals surface area contributed by atoms with Gasteiger partial charge >= 0.3 is 0 Å². The Morgan fingerprint density at radius 2 is 1.81 bits per heavy atom. The van der Waals surface area contributed by atoms with Crippen molar-refractivity contribution in [1.29, 1.82) is 0 Å². The molecule has 2 unspecified atom stereocenters. The summed E-state index contributed by atoms with van der Waals surface area (Å²) in [5.41, 5.74) is -1.84. The number of carbonyl (C=O) groups excluding carboxylic acids is 3. The summed E-state index contributed by atoms with van der Waals surface area (Å²) >= 11 is 0. The molecule has 8 heteroatoms. The van der Waals surface area contributed by atoms with Gasteiger partial charge in [0, 0.05) is 26.2 Å². The highest BCUT2D eigenvalue weighted by atomic mass is 16.5. The fourth-order valence-corrected chi connectivity index (χ4v) is 7.75. The number of nitrogens with zero attached hydrogens (tertiary/aromatic N) is 3. The number of hydrogen-bond donors (Lipinski definition) is 1. The highest BCUT2D eigenvalue weighted by Crippen LogP contribution is 2.65. The van der Waals surface area contributed by atoms with E-state index in [1.54, 1.807) is 29.0 Å². The summed E-state index contributed by atoms with van der Waals surface area (Å²) < 4.78 is 6.88. The Hall–Kier alpha value is -2.19. The molecule has 6 atom stereocenters. The summed E-state index contributed by atoms with van der Waals surface area (Å²) in [6.45, 7) is 12.1. The molecule has 8 nitrogen and oxygen atoms in total. The van der Waals surface area contributed by atoms with Gasteiger partial charge in [-0.3, -0.25) is 14.4 Å². The summed E-state index contributed by atoms with van der Waals surface area (Å²) in [5.74, 6) is -1.91. The summed E-state index contributed by atoms with van der Waals surface area (Å²) in [6.07, 6.45) is 10.9. The van der Waals surface area contributed by atoms with Gasteiger partial charge in [0.05, 0.1) is 30.1 Å². The first-order valence-electron chi connectivity index (χ1n) is 14.2. The molecular formula is C29H45N3O5. The molecule has 0 aromatic heterocycles. The summed E-state index contributed by atoms with van der Waals surface area (Å²) in [4.78, 5) is 47.8. The number of ether oxygens (including phenoxy) is 1. The van der Waals surface area contributed by atoms with Gasteiger partial charge in [-0.05, 0) is 38.5 Å². The minimum atomic E-state index is -1.07. The SMILES string of the molecule is C=CCN(C)C(=O)[C@H]1[C@H]2C(=O)N([C@@H](CC)CO)C(C(=O)N(CC=C)C3CCCCC3)C23CC[C@]1(CC)O3. The number of carbonyl (C=O) groups is 3. The largest absolute Gasteiger partial charge is 0.394 e. The van der Waals surface area contributed by atoms with Crippen LogP contribution in [0.3, 0.4) is 0 Å². The third-order valence-corrected chi connectivity index (χ3v) is 9.60. The predicted molar refractivity (Wildman–Crippen MR) is 141 cm³/mol. The maximum absolute atomic E-state index is 14.6. The first kappa shape index (κ1) is 27.8. The Morgan fingerprint density at radius 3 is 2.38 bits per heavy atom. The first-order valence-corrected chi connectivity index (χ1v) is 14.2. The van der Waals surface area contributed by atoms with Crippen LogP contribution in [0.1, 0.15) is 71.6 Å². The van der Waals surface area contributed by atoms with Crippen LogP contribution in [-0.4, -0.2) is 93.6 Å². The lowest BCUT2D eigenvalue weighted by Gasteiger charge is -2.42. The number of fused-ring (bicyclic) bond motifs is 1. The van der Waals surface area contributed by atoms with Crippen LogP contribution in [0.2, 0.25) is 0 Å². The van der Waals surface area contributed by atoms with Gasteiger partial charge in [-0.1, -0.05) is 45.3 Å². The summed E-state index contributed by atoms with van der Waals surface area (Å²) in [5, 5.41) is 10.3. The molecule has 0 radical (unpaired) electrons. The molecule has 1 N–H and O–H groups in total. The van der Waals surface area contributed by atoms with Gasteiger partial charge < -0.3 is 24.5 Å². The molecule has 1 spiro atoms. The van der Waals surface area contributed by atoms with Crippen molar-refractivity contribution in [2.24, 2.45) is 11.8 Å². The van der Waals surface area contributed by atoms with E-state index < -0.39 is 35.1 Å². The molecule has 4 fully saturated rings. The third-order valence-electron chi connectivity index (χ3n) is 9.60. The van der Waals surface area contributed by atoms with Crippen molar-refractivity contribution < 1.29 is 24.2 Å². The standard InChI is InChI=1S/C29H45N3O5/c1-6-17-30(5)25(34)22-23-26(35)32(20(8-3)19-33)24(29(23)16-15-28(22,9-4)37-29)27(36)31(18-7-2)21-13-11-10-12-14-21/h6-7,20-24,33H,1-2,8-19H2,3-5H3/t20-,22+,23-,24?,28-,29?/m0/s1. The monoisotopic (exact) mass is 515 g/mol. The van der Waals surface area contributed by atoms with E-state index in [4.69, 9.17) is 4.74 Å². The van der Waals surface area contributed by atoms with E-state index in [0.29, 0.717) is 38.8 Å². The molecule has 3 saturated heterocycles. The number of hydrogen-bond acceptors (Lipinski definition) is 5. The van der Waals surface area contributed by atoms with Crippen LogP contribution in [0, 0.1) is 11.8 Å². The first-order chi connectivity index (χ1) is 17.8. The minimum Gasteiger partial charge on any atom is -0.394 e. The minimum absolute atomic E-state index is 0.0933. The Balaban J connectivity index is 1.81. The van der Waals surface area contributed by atoms with Crippen LogP contribution < -0.4 is 0 Å². The average molecular weight is 516 g/mol. The fourth-order valence-electron chi connectivity index (χ4n) is 7.75. The third kappa shape index (κ3) is 4.24. The Morgan fingerprint density at radius 1 is 1.14 bits per heavy atom. The summed E-state index contributed by atoms with van der Waals surface area (Å²) in [7, 11) is 1.73. The smallest absolute Gasteiger partial charge is 0.248 e. The van der Waals surface area contributed by atoms with E-state index in [1.807, 2.05) is 18.7 Å². The second kappa shape index (κ2) is 10.9. The van der Waals surface area contributed by atoms with E-state index in [0.717, 1.165) is 25.7 Å². The lowest BCUT2D eigenvalue weighted by atomic mass is 9.64. The Labute approximate surface area is 221 Å². The van der Waals surface area contributed by atoms with E-state index in [9.17, 15) is 19.5 Å². The molecular weight excluding hydrogens is 470 g/mol. The van der Waals surface area contributed by atoms with Gasteiger partial charge in [-0.15, -0.1) is 13.2 Å². The van der Waals surface area contributed by atoms with Crippen molar-refractivity contribution in [3.8, 4) is 0 Å². The molecule has 4 aliphatic rings. The van der Waals surface area contributed by atoms with Crippen LogP contribution in [0.5, 0.6) is 0 Å². The number of likely N-dealkylation sites (tertiary alicyclic amines) is 1. The molecule has 206 valence electrons. The number of aliphatic hydroxyl groups is 1. The van der Waals surface area contributed by atoms with Crippen LogP contribution in [0.15, 0.2) is 25.3 Å². The van der Waals surface area contributed by atoms with Gasteiger partial charge in [0.2, 0.25) is 17.7 Å². The van der Waals surface area contributed by atoms with Gasteiger partial charge in [0.25, 0.3) is 0 Å². The zero-order chi connectivity index (χ0) is 27.0. The van der Waals surface area contributed by atoms with Crippen LogP contribution in [0.25, 0.3) is 0 Å². The molecule has 0 aromatic rings. The highest BCUT2D eigenvalue weighted by Gasteiger charge is 2.79. The van der Waals surface area contributed by atoms with E-state index in [-0.39, 0.29) is 30.4 Å². The van der Waals surface area contributed by atoms with Gasteiger partial charge in [0.1, 0.15) is 11.6 Å². The Kier molecular flexibility index (Phi) is 8.19. The maximum Gasteiger partial charge on any atom is 0.248 e. The maximum atomic E-state index is 14.6. The van der Waals surface area contributed by atoms with Crippen LogP contribution >= 0.6 is 0 Å². The van der Waals surface area contributed by atoms with Crippen LogP contribution in [-0.2, 0) is 19.1 Å².